The Morgan fingerprint density at radius 2 is 2.08 bits per heavy atom. The lowest BCUT2D eigenvalue weighted by molar-refractivity contribution is -0.385. The van der Waals surface area contributed by atoms with E-state index in [-0.39, 0.29) is 23.2 Å². The molecule has 1 aromatic rings. The van der Waals surface area contributed by atoms with E-state index in [0.717, 1.165) is 6.07 Å². The number of nitro groups is 1. The average Bonchev–Trinajstić information content (AvgIpc) is 2.43. The van der Waals surface area contributed by atoms with Crippen molar-refractivity contribution in [3.63, 3.8) is 0 Å². The fraction of sp³-hybridized carbons (Fsp3) is 0.400. The zero-order valence-electron chi connectivity index (χ0n) is 13.4. The van der Waals surface area contributed by atoms with Gasteiger partial charge in [0.05, 0.1) is 16.6 Å². The molecule has 24 heavy (non-hydrogen) atoms. The third-order valence-corrected chi connectivity index (χ3v) is 2.82. The maximum absolute atomic E-state index is 11.7. The van der Waals surface area contributed by atoms with Gasteiger partial charge in [0, 0.05) is 18.1 Å². The Labute approximate surface area is 138 Å². The van der Waals surface area contributed by atoms with Crippen molar-refractivity contribution in [2.24, 2.45) is 0 Å². The molecule has 0 radical (unpaired) electrons. The van der Waals surface area contributed by atoms with Crippen molar-refractivity contribution in [2.45, 2.75) is 38.8 Å². The Bertz CT molecular complexity index is 702. The van der Waals surface area contributed by atoms with Gasteiger partial charge in [-0.05, 0) is 32.9 Å². The van der Waals surface area contributed by atoms with Gasteiger partial charge in [-0.1, -0.05) is 0 Å². The van der Waals surface area contributed by atoms with Crippen LogP contribution in [0.3, 0.4) is 0 Å². The molecule has 9 heteroatoms. The number of amides is 1. The zero-order valence-corrected chi connectivity index (χ0v) is 13.4. The number of carbonyl (C=O) groups excluding carboxylic acids is 1. The third kappa shape index (κ3) is 5.57. The van der Waals surface area contributed by atoms with Crippen molar-refractivity contribution >= 4 is 17.7 Å². The number of carboxylic acid groups (broad SMARTS) is 1. The van der Waals surface area contributed by atoms with Crippen molar-refractivity contribution in [1.29, 1.82) is 5.26 Å². The molecule has 1 aromatic carbocycles. The molecule has 0 spiro atoms. The highest BCUT2D eigenvalue weighted by Gasteiger charge is 2.27. The summed E-state index contributed by atoms with van der Waals surface area (Å²) in [6, 6.07) is 4.00. The van der Waals surface area contributed by atoms with E-state index >= 15 is 0 Å². The number of hydrogen-bond donors (Lipinski definition) is 2. The summed E-state index contributed by atoms with van der Waals surface area (Å²) in [7, 11) is 0. The third-order valence-electron chi connectivity index (χ3n) is 2.82. The molecule has 0 saturated carbocycles. The molecular formula is C15H17N3O6. The molecule has 0 aliphatic carbocycles. The minimum Gasteiger partial charge on any atom is -0.480 e. The number of carbonyl (C=O) groups is 2. The van der Waals surface area contributed by atoms with E-state index in [1.54, 1.807) is 20.8 Å². The molecule has 0 saturated heterocycles. The molecule has 1 amide bonds. The minimum atomic E-state index is -1.44. The SMILES string of the molecule is CC(C)(C)OC(=O)N[C@@H](Cc1cc(C#N)ccc1[N+](=O)[O-])C(=O)O. The summed E-state index contributed by atoms with van der Waals surface area (Å²) in [5.74, 6) is -1.38. The van der Waals surface area contributed by atoms with Gasteiger partial charge in [0.15, 0.2) is 0 Å². The standard InChI is InChI=1S/C15H17N3O6/c1-15(2,3)24-14(21)17-11(13(19)20)7-10-6-9(8-16)4-5-12(10)18(22)23/h4-6,11H,7H2,1-3H3,(H,17,21)(H,19,20)/t11-/m0/s1. The lowest BCUT2D eigenvalue weighted by atomic mass is 10.0. The van der Waals surface area contributed by atoms with Gasteiger partial charge < -0.3 is 15.2 Å². The van der Waals surface area contributed by atoms with Gasteiger partial charge in [0.2, 0.25) is 0 Å². The largest absolute Gasteiger partial charge is 0.480 e. The first-order chi connectivity index (χ1) is 11.0. The summed E-state index contributed by atoms with van der Waals surface area (Å²) in [6.07, 6.45) is -1.31. The monoisotopic (exact) mass is 335 g/mol. The summed E-state index contributed by atoms with van der Waals surface area (Å²) in [6.45, 7) is 4.84. The molecule has 1 atom stereocenters. The van der Waals surface area contributed by atoms with Crippen LogP contribution in [-0.2, 0) is 16.0 Å². The highest BCUT2D eigenvalue weighted by Crippen LogP contribution is 2.21. The molecule has 0 aliphatic rings. The minimum absolute atomic E-state index is 0.0301. The maximum atomic E-state index is 11.7. The normalized spacial score (nSPS) is 11.9. The number of aliphatic carboxylic acids is 1. The van der Waals surface area contributed by atoms with Crippen molar-refractivity contribution in [3.8, 4) is 6.07 Å². The number of ether oxygens (including phenoxy) is 1. The van der Waals surface area contributed by atoms with Crippen LogP contribution in [-0.4, -0.2) is 33.7 Å². The van der Waals surface area contributed by atoms with E-state index < -0.39 is 28.6 Å². The van der Waals surface area contributed by atoms with Crippen molar-refractivity contribution in [1.82, 2.24) is 5.32 Å². The topological polar surface area (TPSA) is 143 Å². The van der Waals surface area contributed by atoms with E-state index in [1.807, 2.05) is 6.07 Å². The van der Waals surface area contributed by atoms with Crippen LogP contribution >= 0.6 is 0 Å². The van der Waals surface area contributed by atoms with Crippen LogP contribution in [0.1, 0.15) is 31.9 Å². The van der Waals surface area contributed by atoms with Crippen LogP contribution in [0.25, 0.3) is 0 Å². The summed E-state index contributed by atoms with van der Waals surface area (Å²) < 4.78 is 4.98. The van der Waals surface area contributed by atoms with Gasteiger partial charge >= 0.3 is 12.1 Å². The van der Waals surface area contributed by atoms with E-state index in [2.05, 4.69) is 5.32 Å². The van der Waals surface area contributed by atoms with Gasteiger partial charge in [-0.25, -0.2) is 9.59 Å². The number of nitrogens with one attached hydrogen (secondary N) is 1. The first-order valence-corrected chi connectivity index (χ1v) is 6.93. The Kier molecular flexibility index (Phi) is 5.84. The predicted octanol–water partition coefficient (Wildman–Crippen LogP) is 1.99. The second-order valence-electron chi connectivity index (χ2n) is 5.95. The number of nitro benzene ring substituents is 1. The molecule has 9 nitrogen and oxygen atoms in total. The molecule has 0 heterocycles. The van der Waals surface area contributed by atoms with Crippen LogP contribution in [0.4, 0.5) is 10.5 Å². The second-order valence-corrected chi connectivity index (χ2v) is 5.95. The van der Waals surface area contributed by atoms with E-state index in [1.165, 1.54) is 12.1 Å². The van der Waals surface area contributed by atoms with Crippen LogP contribution in [0.15, 0.2) is 18.2 Å². The van der Waals surface area contributed by atoms with Gasteiger partial charge in [-0.2, -0.15) is 5.26 Å². The fourth-order valence-corrected chi connectivity index (χ4v) is 1.87. The Morgan fingerprint density at radius 1 is 1.46 bits per heavy atom. The van der Waals surface area contributed by atoms with Crippen LogP contribution < -0.4 is 5.32 Å². The summed E-state index contributed by atoms with van der Waals surface area (Å²) >= 11 is 0. The highest BCUT2D eigenvalue weighted by atomic mass is 16.6. The van der Waals surface area contributed by atoms with Crippen LogP contribution in [0, 0.1) is 21.4 Å². The molecule has 0 bridgehead atoms. The molecule has 0 fully saturated rings. The number of rotatable bonds is 5. The van der Waals surface area contributed by atoms with Gasteiger partial charge in [0.25, 0.3) is 5.69 Å². The van der Waals surface area contributed by atoms with Crippen LogP contribution in [0.5, 0.6) is 0 Å². The quantitative estimate of drug-likeness (QED) is 0.618. The van der Waals surface area contributed by atoms with Gasteiger partial charge in [0.1, 0.15) is 11.6 Å². The van der Waals surface area contributed by atoms with E-state index in [0.29, 0.717) is 0 Å². The zero-order chi connectivity index (χ0) is 18.5. The smallest absolute Gasteiger partial charge is 0.408 e. The molecule has 0 aliphatic heterocycles. The fourth-order valence-electron chi connectivity index (χ4n) is 1.87. The number of nitriles is 1. The second kappa shape index (κ2) is 7.41. The molecule has 1 rings (SSSR count). The summed E-state index contributed by atoms with van der Waals surface area (Å²) in [5.41, 5.74) is -0.967. The number of hydrogen-bond acceptors (Lipinski definition) is 6. The highest BCUT2D eigenvalue weighted by molar-refractivity contribution is 5.80. The lowest BCUT2D eigenvalue weighted by Crippen LogP contribution is -2.44. The Balaban J connectivity index is 3.05. The predicted molar refractivity (Wildman–Crippen MR) is 82.3 cm³/mol. The van der Waals surface area contributed by atoms with Crippen molar-refractivity contribution < 1.29 is 24.4 Å². The molecule has 0 unspecified atom stereocenters. The lowest BCUT2D eigenvalue weighted by Gasteiger charge is -2.22. The number of carboxylic acids is 1. The number of benzene rings is 1. The van der Waals surface area contributed by atoms with Gasteiger partial charge in [-0.3, -0.25) is 10.1 Å². The molecule has 2 N–H and O–H groups in total. The van der Waals surface area contributed by atoms with Crippen molar-refractivity contribution in [3.05, 3.63) is 39.4 Å². The van der Waals surface area contributed by atoms with Gasteiger partial charge in [-0.15, -0.1) is 0 Å². The first kappa shape index (κ1) is 18.9. The summed E-state index contributed by atoms with van der Waals surface area (Å²) in [5, 5.41) is 31.3. The maximum Gasteiger partial charge on any atom is 0.408 e. The molecule has 0 aromatic heterocycles. The Hall–Kier alpha value is -3.15. The van der Waals surface area contributed by atoms with E-state index in [9.17, 15) is 24.8 Å². The number of nitrogens with zero attached hydrogens (tertiary/aromatic N) is 2. The number of alkyl carbamates (subject to hydrolysis) is 1. The van der Waals surface area contributed by atoms with Crippen LogP contribution in [0.2, 0.25) is 0 Å². The summed E-state index contributed by atoms with van der Waals surface area (Å²) in [4.78, 5) is 33.4. The first-order valence-electron chi connectivity index (χ1n) is 6.93. The average molecular weight is 335 g/mol. The van der Waals surface area contributed by atoms with E-state index in [4.69, 9.17) is 10.00 Å². The Morgan fingerprint density at radius 3 is 2.54 bits per heavy atom. The van der Waals surface area contributed by atoms with Crippen molar-refractivity contribution in [2.75, 3.05) is 0 Å². The molecule has 128 valence electrons. The molecular weight excluding hydrogens is 318 g/mol.